The summed E-state index contributed by atoms with van der Waals surface area (Å²) in [6, 6.07) is 7.59. The lowest BCUT2D eigenvalue weighted by atomic mass is 9.84. The number of hydrogen-bond donors (Lipinski definition) is 0. The Balaban J connectivity index is 1.27. The van der Waals surface area contributed by atoms with E-state index in [-0.39, 0.29) is 5.91 Å². The number of carbonyl (C=O) groups is 1. The molecule has 2 aliphatic rings. The molecule has 0 saturated carbocycles. The summed E-state index contributed by atoms with van der Waals surface area (Å²) in [5.74, 6) is 2.37. The van der Waals surface area contributed by atoms with E-state index < -0.39 is 0 Å². The van der Waals surface area contributed by atoms with Crippen LogP contribution in [0.4, 0.5) is 5.95 Å². The van der Waals surface area contributed by atoms with Crippen molar-refractivity contribution in [2.75, 3.05) is 31.1 Å². The zero-order chi connectivity index (χ0) is 17.8. The van der Waals surface area contributed by atoms with Crippen LogP contribution >= 0.6 is 0 Å². The van der Waals surface area contributed by atoms with Crippen molar-refractivity contribution in [2.45, 2.75) is 25.7 Å². The van der Waals surface area contributed by atoms with Crippen LogP contribution in [0.5, 0.6) is 0 Å². The van der Waals surface area contributed by atoms with Crippen molar-refractivity contribution in [1.82, 2.24) is 19.9 Å². The van der Waals surface area contributed by atoms with E-state index in [9.17, 15) is 4.79 Å². The zero-order valence-electron chi connectivity index (χ0n) is 15.0. The minimum atomic E-state index is 0.210. The molecule has 0 radical (unpaired) electrons. The first-order valence-corrected chi connectivity index (χ1v) is 9.49. The Bertz CT molecular complexity index is 715. The van der Waals surface area contributed by atoms with Crippen LogP contribution in [0.1, 0.15) is 25.0 Å². The molecule has 4 rings (SSSR count). The van der Waals surface area contributed by atoms with Gasteiger partial charge in [0.2, 0.25) is 11.9 Å². The Morgan fingerprint density at radius 3 is 2.38 bits per heavy atom. The van der Waals surface area contributed by atoms with Crippen molar-refractivity contribution in [1.29, 1.82) is 0 Å². The highest BCUT2D eigenvalue weighted by Crippen LogP contribution is 2.32. The van der Waals surface area contributed by atoms with Crippen LogP contribution in [0.25, 0.3) is 0 Å². The second-order valence-electron chi connectivity index (χ2n) is 7.26. The number of carbonyl (C=O) groups excluding carboxylic acids is 1. The van der Waals surface area contributed by atoms with Crippen molar-refractivity contribution in [3.63, 3.8) is 0 Å². The maximum Gasteiger partial charge on any atom is 0.228 e. The summed E-state index contributed by atoms with van der Waals surface area (Å²) < 4.78 is 0. The van der Waals surface area contributed by atoms with Gasteiger partial charge < -0.3 is 9.80 Å². The largest absolute Gasteiger partial charge is 0.342 e. The van der Waals surface area contributed by atoms with Crippen LogP contribution in [-0.2, 0) is 11.2 Å². The lowest BCUT2D eigenvalue weighted by Gasteiger charge is -2.34. The summed E-state index contributed by atoms with van der Waals surface area (Å²) in [6.45, 7) is 3.80. The summed E-state index contributed by atoms with van der Waals surface area (Å²) in [7, 11) is 0. The predicted octanol–water partition coefficient (Wildman–Crippen LogP) is 2.18. The molecule has 6 heteroatoms. The molecule has 0 aliphatic carbocycles. The van der Waals surface area contributed by atoms with Gasteiger partial charge in [-0.2, -0.15) is 0 Å². The van der Waals surface area contributed by atoms with Crippen LogP contribution in [-0.4, -0.2) is 51.9 Å². The summed E-state index contributed by atoms with van der Waals surface area (Å²) in [5.41, 5.74) is 0.858. The number of nitrogens with zero attached hydrogens (tertiary/aromatic N) is 5. The second-order valence-corrected chi connectivity index (χ2v) is 7.26. The van der Waals surface area contributed by atoms with Crippen LogP contribution in [0.15, 0.2) is 42.9 Å². The number of hydrogen-bond acceptors (Lipinski definition) is 5. The standard InChI is InChI=1S/C20H25N5O/c26-19(14-18-4-1-2-8-21-18)25-13-7-17(15-25)16-5-11-24(12-6-16)20-22-9-3-10-23-20/h1-4,8-10,16-17H,5-7,11-15H2/t17-/m1/s1. The number of rotatable bonds is 4. The van der Waals surface area contributed by atoms with Crippen molar-refractivity contribution in [2.24, 2.45) is 11.8 Å². The molecular weight excluding hydrogens is 326 g/mol. The van der Waals surface area contributed by atoms with E-state index in [1.54, 1.807) is 18.6 Å². The highest BCUT2D eigenvalue weighted by atomic mass is 16.2. The van der Waals surface area contributed by atoms with E-state index in [0.717, 1.165) is 57.1 Å². The summed E-state index contributed by atoms with van der Waals surface area (Å²) in [6.07, 6.45) is 9.21. The molecule has 0 aromatic carbocycles. The zero-order valence-corrected chi connectivity index (χ0v) is 15.0. The molecule has 2 aromatic heterocycles. The second kappa shape index (κ2) is 7.81. The van der Waals surface area contributed by atoms with E-state index >= 15 is 0 Å². The average Bonchev–Trinajstić information content (AvgIpc) is 3.20. The van der Waals surface area contributed by atoms with Gasteiger partial charge in [-0.15, -0.1) is 0 Å². The lowest BCUT2D eigenvalue weighted by Crippen LogP contribution is -2.38. The van der Waals surface area contributed by atoms with Gasteiger partial charge in [0.25, 0.3) is 0 Å². The first kappa shape index (κ1) is 16.9. The van der Waals surface area contributed by atoms with Gasteiger partial charge in [0.15, 0.2) is 0 Å². The van der Waals surface area contributed by atoms with E-state index in [1.807, 2.05) is 29.2 Å². The van der Waals surface area contributed by atoms with Gasteiger partial charge in [0, 0.05) is 50.5 Å². The SMILES string of the molecule is O=C(Cc1ccccn1)N1CC[C@@H](C2CCN(c3ncccn3)CC2)C1. The van der Waals surface area contributed by atoms with E-state index in [2.05, 4.69) is 19.9 Å². The molecule has 136 valence electrons. The average molecular weight is 351 g/mol. The Hall–Kier alpha value is -2.50. The smallest absolute Gasteiger partial charge is 0.228 e. The maximum atomic E-state index is 12.5. The predicted molar refractivity (Wildman–Crippen MR) is 99.6 cm³/mol. The van der Waals surface area contributed by atoms with E-state index in [1.165, 1.54) is 0 Å². The van der Waals surface area contributed by atoms with Crippen LogP contribution in [0.2, 0.25) is 0 Å². The molecule has 2 saturated heterocycles. The summed E-state index contributed by atoms with van der Waals surface area (Å²) in [4.78, 5) is 29.8. The topological polar surface area (TPSA) is 62.2 Å². The quantitative estimate of drug-likeness (QED) is 0.845. The Kier molecular flexibility index (Phi) is 5.09. The van der Waals surface area contributed by atoms with Crippen molar-refractivity contribution in [3.05, 3.63) is 48.5 Å². The Morgan fingerprint density at radius 2 is 1.65 bits per heavy atom. The molecule has 2 aromatic rings. The van der Waals surface area contributed by atoms with Crippen LogP contribution in [0.3, 0.4) is 0 Å². The molecule has 0 spiro atoms. The molecule has 26 heavy (non-hydrogen) atoms. The minimum absolute atomic E-state index is 0.210. The Morgan fingerprint density at radius 1 is 0.923 bits per heavy atom. The van der Waals surface area contributed by atoms with Crippen LogP contribution < -0.4 is 4.90 Å². The molecule has 2 aliphatic heterocycles. The molecule has 1 amide bonds. The van der Waals surface area contributed by atoms with Crippen molar-refractivity contribution >= 4 is 11.9 Å². The molecule has 4 heterocycles. The van der Waals surface area contributed by atoms with Gasteiger partial charge in [-0.3, -0.25) is 9.78 Å². The number of aromatic nitrogens is 3. The molecule has 0 N–H and O–H groups in total. The fourth-order valence-electron chi connectivity index (χ4n) is 4.19. The molecule has 1 atom stereocenters. The van der Waals surface area contributed by atoms with Crippen molar-refractivity contribution in [3.8, 4) is 0 Å². The molecule has 6 nitrogen and oxygen atoms in total. The lowest BCUT2D eigenvalue weighted by molar-refractivity contribution is -0.129. The maximum absolute atomic E-state index is 12.5. The van der Waals surface area contributed by atoms with Gasteiger partial charge in [0.1, 0.15) is 0 Å². The van der Waals surface area contributed by atoms with E-state index in [4.69, 9.17) is 0 Å². The van der Waals surface area contributed by atoms with Crippen LogP contribution in [0, 0.1) is 11.8 Å². The number of anilines is 1. The third-order valence-electron chi connectivity index (χ3n) is 5.68. The van der Waals surface area contributed by atoms with Gasteiger partial charge >= 0.3 is 0 Å². The highest BCUT2D eigenvalue weighted by molar-refractivity contribution is 5.78. The number of pyridine rings is 1. The fraction of sp³-hybridized carbons (Fsp3) is 0.500. The summed E-state index contributed by atoms with van der Waals surface area (Å²) in [5, 5.41) is 0. The number of likely N-dealkylation sites (tertiary alicyclic amines) is 1. The van der Waals surface area contributed by atoms with Gasteiger partial charge in [-0.1, -0.05) is 6.07 Å². The first-order chi connectivity index (χ1) is 12.8. The van der Waals surface area contributed by atoms with Gasteiger partial charge in [-0.25, -0.2) is 9.97 Å². The monoisotopic (exact) mass is 351 g/mol. The fourth-order valence-corrected chi connectivity index (χ4v) is 4.19. The minimum Gasteiger partial charge on any atom is -0.342 e. The third kappa shape index (κ3) is 3.84. The molecular formula is C20H25N5O. The van der Waals surface area contributed by atoms with Gasteiger partial charge in [-0.05, 0) is 49.3 Å². The van der Waals surface area contributed by atoms with Gasteiger partial charge in [0.05, 0.1) is 6.42 Å². The van der Waals surface area contributed by atoms with E-state index in [0.29, 0.717) is 18.3 Å². The third-order valence-corrected chi connectivity index (χ3v) is 5.68. The highest BCUT2D eigenvalue weighted by Gasteiger charge is 2.34. The molecule has 0 bridgehead atoms. The Labute approximate surface area is 154 Å². The molecule has 0 unspecified atom stereocenters. The number of amides is 1. The normalized spacial score (nSPS) is 21.2. The number of piperidine rings is 1. The molecule has 2 fully saturated rings. The van der Waals surface area contributed by atoms with Crippen molar-refractivity contribution < 1.29 is 4.79 Å². The summed E-state index contributed by atoms with van der Waals surface area (Å²) >= 11 is 0. The first-order valence-electron chi connectivity index (χ1n) is 9.49.